The largest absolute Gasteiger partial charge is 0.467 e. The van der Waals surface area contributed by atoms with Crippen LogP contribution >= 0.6 is 23.2 Å². The van der Waals surface area contributed by atoms with E-state index >= 15 is 0 Å². The summed E-state index contributed by atoms with van der Waals surface area (Å²) >= 11 is 12.9. The summed E-state index contributed by atoms with van der Waals surface area (Å²) in [4.78, 5) is 79.0. The first-order valence-electron chi connectivity index (χ1n) is 14.0. The number of likely N-dealkylation sites (tertiary alicyclic amines) is 1. The molecule has 14 heteroatoms. The van der Waals surface area contributed by atoms with Crippen molar-refractivity contribution in [2.24, 2.45) is 28.9 Å². The molecule has 5 N–H and O–H groups in total. The van der Waals surface area contributed by atoms with E-state index in [1.807, 2.05) is 0 Å². The van der Waals surface area contributed by atoms with Crippen LogP contribution in [0.5, 0.6) is 0 Å². The summed E-state index contributed by atoms with van der Waals surface area (Å²) in [5, 5.41) is 8.12. The van der Waals surface area contributed by atoms with E-state index in [0.29, 0.717) is 25.7 Å². The van der Waals surface area contributed by atoms with Gasteiger partial charge < -0.3 is 31.3 Å². The molecule has 0 aromatic carbocycles. The quantitative estimate of drug-likeness (QED) is 0.171. The SMILES string of the molecule is COC(=O)C1(NC(=O)N[C@H](C(=O)N2C[C@H]3[C@@H]([C@H]2C(=O)NC(C(=O)C(N)=O)C2CCC2)C3(Cl)Cl)C(C)(C)C)CCCC1. The smallest absolute Gasteiger partial charge is 0.331 e. The number of nitrogens with zero attached hydrogens (tertiary/aromatic N) is 1. The van der Waals surface area contributed by atoms with Crippen molar-refractivity contribution < 1.29 is 33.5 Å². The summed E-state index contributed by atoms with van der Waals surface area (Å²) < 4.78 is 3.69. The molecular weight excluding hydrogens is 577 g/mol. The van der Waals surface area contributed by atoms with Gasteiger partial charge >= 0.3 is 12.0 Å². The van der Waals surface area contributed by atoms with Crippen molar-refractivity contribution >= 4 is 58.7 Å². The van der Waals surface area contributed by atoms with Gasteiger partial charge in [-0.2, -0.15) is 0 Å². The second-order valence-electron chi connectivity index (χ2n) is 12.8. The van der Waals surface area contributed by atoms with Crippen molar-refractivity contribution in [3.63, 3.8) is 0 Å². The van der Waals surface area contributed by atoms with Gasteiger partial charge in [-0.1, -0.05) is 40.0 Å². The van der Waals surface area contributed by atoms with Crippen molar-refractivity contribution in [1.82, 2.24) is 20.9 Å². The molecule has 228 valence electrons. The van der Waals surface area contributed by atoms with Crippen LogP contribution in [-0.2, 0) is 28.7 Å². The van der Waals surface area contributed by atoms with E-state index in [-0.39, 0.29) is 12.5 Å². The maximum absolute atomic E-state index is 14.0. The fourth-order valence-corrected chi connectivity index (χ4v) is 7.28. The molecule has 1 heterocycles. The standard InChI is InChI=1S/C27H39Cl2N5O7/c1-25(2,3)19(32-24(40)33-26(23(39)41-4)10-5-6-11-26)22(38)34-12-14-15(27(14,28)29)17(34)21(37)31-16(13-8-7-9-13)18(35)20(30)36/h13-17,19H,5-12H2,1-4H3,(H2,30,36)(H,31,37)(H2,32,33,40)/t14-,15-,16?,17-,19+/m0/s1. The fourth-order valence-electron chi connectivity index (χ4n) is 6.45. The summed E-state index contributed by atoms with van der Waals surface area (Å²) in [6.45, 7) is 5.35. The Morgan fingerprint density at radius 1 is 1.00 bits per heavy atom. The van der Waals surface area contributed by atoms with Crippen molar-refractivity contribution in [3.8, 4) is 0 Å². The Morgan fingerprint density at radius 3 is 2.10 bits per heavy atom. The molecule has 4 fully saturated rings. The lowest BCUT2D eigenvalue weighted by Crippen LogP contribution is -2.64. The van der Waals surface area contributed by atoms with Crippen molar-refractivity contribution in [1.29, 1.82) is 0 Å². The molecule has 1 saturated heterocycles. The Balaban J connectivity index is 1.55. The third kappa shape index (κ3) is 5.86. The number of rotatable bonds is 9. The van der Waals surface area contributed by atoms with E-state index in [1.165, 1.54) is 12.0 Å². The molecule has 41 heavy (non-hydrogen) atoms. The molecule has 3 aliphatic carbocycles. The van der Waals surface area contributed by atoms with E-state index in [1.54, 1.807) is 20.8 Å². The number of amides is 5. The number of primary amides is 1. The minimum atomic E-state index is -1.24. The zero-order chi connectivity index (χ0) is 30.5. The zero-order valence-electron chi connectivity index (χ0n) is 23.8. The van der Waals surface area contributed by atoms with Crippen LogP contribution < -0.4 is 21.7 Å². The number of halogens is 2. The molecule has 3 saturated carbocycles. The number of nitrogens with one attached hydrogen (secondary N) is 3. The summed E-state index contributed by atoms with van der Waals surface area (Å²) in [6, 6.07) is -4.04. The van der Waals surface area contributed by atoms with Gasteiger partial charge in [-0.15, -0.1) is 23.2 Å². The number of carbonyl (C=O) groups is 6. The van der Waals surface area contributed by atoms with Gasteiger partial charge in [0.05, 0.1) is 7.11 Å². The molecule has 0 spiro atoms. The Kier molecular flexibility index (Phi) is 8.59. The first-order valence-corrected chi connectivity index (χ1v) is 14.8. The van der Waals surface area contributed by atoms with Crippen molar-refractivity contribution in [2.75, 3.05) is 13.7 Å². The van der Waals surface area contributed by atoms with Crippen LogP contribution in [0, 0.1) is 23.2 Å². The summed E-state index contributed by atoms with van der Waals surface area (Å²) in [7, 11) is 1.26. The number of alkyl halides is 2. The third-order valence-corrected chi connectivity index (χ3v) is 10.2. The number of nitrogens with two attached hydrogens (primary N) is 1. The van der Waals surface area contributed by atoms with E-state index in [4.69, 9.17) is 33.7 Å². The lowest BCUT2D eigenvalue weighted by Gasteiger charge is -2.39. The molecule has 1 unspecified atom stereocenters. The maximum Gasteiger partial charge on any atom is 0.331 e. The Hall–Kier alpha value is -2.60. The minimum absolute atomic E-state index is 0.0639. The van der Waals surface area contributed by atoms with Gasteiger partial charge in [-0.25, -0.2) is 9.59 Å². The third-order valence-electron chi connectivity index (χ3n) is 9.10. The number of carbonyl (C=O) groups excluding carboxylic acids is 6. The van der Waals surface area contributed by atoms with Crippen LogP contribution in [0.1, 0.15) is 65.7 Å². The van der Waals surface area contributed by atoms with E-state index in [0.717, 1.165) is 19.3 Å². The first-order chi connectivity index (χ1) is 19.0. The molecule has 0 aromatic rings. The van der Waals surface area contributed by atoms with Crippen LogP contribution in [0.25, 0.3) is 0 Å². The number of fused-ring (bicyclic) bond motifs is 1. The number of methoxy groups -OCH3 is 1. The monoisotopic (exact) mass is 615 g/mol. The van der Waals surface area contributed by atoms with Gasteiger partial charge in [0, 0.05) is 18.4 Å². The highest BCUT2D eigenvalue weighted by Gasteiger charge is 2.74. The Bertz CT molecular complexity index is 1130. The lowest BCUT2D eigenvalue weighted by molar-refractivity contribution is -0.148. The van der Waals surface area contributed by atoms with Gasteiger partial charge in [-0.05, 0) is 37.0 Å². The average molecular weight is 617 g/mol. The van der Waals surface area contributed by atoms with Crippen LogP contribution in [0.4, 0.5) is 4.79 Å². The highest BCUT2D eigenvalue weighted by molar-refractivity contribution is 6.51. The summed E-state index contributed by atoms with van der Waals surface area (Å²) in [5.41, 5.74) is 3.27. The minimum Gasteiger partial charge on any atom is -0.467 e. The Morgan fingerprint density at radius 2 is 1.61 bits per heavy atom. The molecule has 0 bridgehead atoms. The van der Waals surface area contributed by atoms with Crippen molar-refractivity contribution in [3.05, 3.63) is 0 Å². The first kappa shape index (κ1) is 31.3. The predicted octanol–water partition coefficient (Wildman–Crippen LogP) is 1.16. The Labute approximate surface area is 249 Å². The van der Waals surface area contributed by atoms with Crippen LogP contribution in [-0.4, -0.2) is 82.1 Å². The highest BCUT2D eigenvalue weighted by atomic mass is 35.5. The second-order valence-corrected chi connectivity index (χ2v) is 14.3. The van der Waals surface area contributed by atoms with E-state index in [2.05, 4.69) is 16.0 Å². The number of esters is 1. The molecule has 5 atom stereocenters. The molecule has 0 aromatic heterocycles. The molecular formula is C27H39Cl2N5O7. The van der Waals surface area contributed by atoms with Gasteiger partial charge in [0.1, 0.15) is 28.0 Å². The fraction of sp³-hybridized carbons (Fsp3) is 0.778. The number of piperidine rings is 1. The van der Waals surface area contributed by atoms with Crippen molar-refractivity contribution in [2.45, 2.75) is 93.7 Å². The predicted molar refractivity (Wildman–Crippen MR) is 149 cm³/mol. The second kappa shape index (κ2) is 11.2. The molecule has 0 radical (unpaired) electrons. The summed E-state index contributed by atoms with van der Waals surface area (Å²) in [5.74, 6) is -5.02. The molecule has 1 aliphatic heterocycles. The van der Waals surface area contributed by atoms with Gasteiger partial charge in [0.15, 0.2) is 0 Å². The average Bonchev–Trinajstić information content (AvgIpc) is 3.26. The topological polar surface area (TPSA) is 177 Å². The molecule has 12 nitrogen and oxygen atoms in total. The zero-order valence-corrected chi connectivity index (χ0v) is 25.3. The maximum atomic E-state index is 14.0. The molecule has 4 aliphatic rings. The number of ether oxygens (including phenoxy) is 1. The number of hydrogen-bond acceptors (Lipinski definition) is 7. The normalized spacial score (nSPS) is 27.5. The number of hydrogen-bond donors (Lipinski definition) is 4. The molecule has 4 rings (SSSR count). The van der Waals surface area contributed by atoms with Gasteiger partial charge in [-0.3, -0.25) is 19.2 Å². The lowest BCUT2D eigenvalue weighted by atomic mass is 9.78. The van der Waals surface area contributed by atoms with Gasteiger partial charge in [0.2, 0.25) is 17.6 Å². The van der Waals surface area contributed by atoms with Crippen LogP contribution in [0.3, 0.4) is 0 Å². The summed E-state index contributed by atoms with van der Waals surface area (Å²) in [6.07, 6.45) is 4.46. The van der Waals surface area contributed by atoms with Crippen LogP contribution in [0.15, 0.2) is 0 Å². The molecule has 5 amide bonds. The van der Waals surface area contributed by atoms with E-state index < -0.39 is 80.8 Å². The van der Waals surface area contributed by atoms with E-state index in [9.17, 15) is 28.8 Å². The van der Waals surface area contributed by atoms with Gasteiger partial charge in [0.25, 0.3) is 5.91 Å². The number of urea groups is 1. The highest BCUT2D eigenvalue weighted by Crippen LogP contribution is 2.65. The number of Topliss-reactive ketones (excluding diaryl/α,β-unsaturated/α-hetero) is 1. The number of ketones is 1. The van der Waals surface area contributed by atoms with Crippen LogP contribution in [0.2, 0.25) is 0 Å².